The van der Waals surface area contributed by atoms with Gasteiger partial charge in [-0.25, -0.2) is 9.59 Å². The van der Waals surface area contributed by atoms with E-state index in [0.29, 0.717) is 5.56 Å². The van der Waals surface area contributed by atoms with Gasteiger partial charge in [0.05, 0.1) is 12.8 Å². The van der Waals surface area contributed by atoms with E-state index in [9.17, 15) is 19.5 Å². The molecule has 3 aromatic rings. The van der Waals surface area contributed by atoms with Crippen molar-refractivity contribution in [1.82, 2.24) is 20.4 Å². The molecule has 3 N–H and O–H groups in total. The Hall–Kier alpha value is -4.18. The first-order valence-corrected chi connectivity index (χ1v) is 11.0. The number of hydrogen-bond acceptors (Lipinski definition) is 6. The summed E-state index contributed by atoms with van der Waals surface area (Å²) in [5.41, 5.74) is 4.70. The summed E-state index contributed by atoms with van der Waals surface area (Å²) in [5.74, 6) is -2.13. The lowest BCUT2D eigenvalue weighted by Gasteiger charge is -2.21. The van der Waals surface area contributed by atoms with Crippen molar-refractivity contribution in [3.63, 3.8) is 0 Å². The number of methoxy groups -OCH3 is 1. The van der Waals surface area contributed by atoms with Gasteiger partial charge in [-0.15, -0.1) is 0 Å². The molecule has 4 rings (SSSR count). The molecule has 35 heavy (non-hydrogen) atoms. The quantitative estimate of drug-likeness (QED) is 0.430. The smallest absolute Gasteiger partial charge is 0.408 e. The van der Waals surface area contributed by atoms with E-state index in [4.69, 9.17) is 9.47 Å². The molecule has 182 valence electrons. The number of carboxylic acid groups (broad SMARTS) is 1. The molecule has 0 aliphatic heterocycles. The van der Waals surface area contributed by atoms with E-state index >= 15 is 0 Å². The molecule has 2 unspecified atom stereocenters. The minimum Gasteiger partial charge on any atom is -0.480 e. The molecule has 0 saturated carbocycles. The number of carbonyl (C=O) groups is 3. The van der Waals surface area contributed by atoms with Crippen LogP contribution in [0.5, 0.6) is 0 Å². The predicted molar refractivity (Wildman–Crippen MR) is 126 cm³/mol. The molecule has 10 nitrogen and oxygen atoms in total. The number of hydrogen-bond donors (Lipinski definition) is 3. The number of ether oxygens (including phenoxy) is 2. The zero-order chi connectivity index (χ0) is 24.9. The number of amides is 2. The first-order chi connectivity index (χ1) is 16.9. The van der Waals surface area contributed by atoms with Gasteiger partial charge >= 0.3 is 12.1 Å². The lowest BCUT2D eigenvalue weighted by molar-refractivity contribution is -0.143. The number of alkyl carbamates (subject to hydrolysis) is 1. The summed E-state index contributed by atoms with van der Waals surface area (Å²) < 4.78 is 11.9. The van der Waals surface area contributed by atoms with Crippen molar-refractivity contribution in [1.29, 1.82) is 0 Å². The van der Waals surface area contributed by atoms with Crippen molar-refractivity contribution in [2.75, 3.05) is 20.3 Å². The SMILES string of the molecule is COCC(NC(=O)C(NC(=O)OCC1c2ccccc2-c2ccccc21)c1cnn(C)c1)C(=O)O. The van der Waals surface area contributed by atoms with Crippen molar-refractivity contribution in [2.24, 2.45) is 7.05 Å². The molecule has 1 aliphatic carbocycles. The van der Waals surface area contributed by atoms with E-state index in [2.05, 4.69) is 15.7 Å². The molecule has 2 atom stereocenters. The standard InChI is InChI=1S/C25H26N4O6/c1-29-12-15(11-26-29)22(23(30)27-21(14-34-2)24(31)32)28-25(33)35-13-20-18-9-5-3-7-16(18)17-8-4-6-10-19(17)20/h3-12,20-22H,13-14H2,1-2H3,(H,27,30)(H,28,33)(H,31,32). The van der Waals surface area contributed by atoms with E-state index in [1.54, 1.807) is 13.2 Å². The van der Waals surface area contributed by atoms with Crippen LogP contribution in [0.15, 0.2) is 60.9 Å². The van der Waals surface area contributed by atoms with E-state index in [1.165, 1.54) is 18.0 Å². The van der Waals surface area contributed by atoms with Crippen molar-refractivity contribution < 1.29 is 29.0 Å². The minimum atomic E-state index is -1.28. The third-order valence-electron chi connectivity index (χ3n) is 5.87. The third kappa shape index (κ3) is 5.17. The number of benzene rings is 2. The van der Waals surface area contributed by atoms with Crippen LogP contribution in [-0.4, -0.2) is 59.2 Å². The van der Waals surface area contributed by atoms with Gasteiger partial charge in [-0.3, -0.25) is 9.48 Å². The highest BCUT2D eigenvalue weighted by Crippen LogP contribution is 2.44. The van der Waals surface area contributed by atoms with E-state index in [-0.39, 0.29) is 19.1 Å². The van der Waals surface area contributed by atoms with Gasteiger partial charge in [-0.1, -0.05) is 48.5 Å². The summed E-state index contributed by atoms with van der Waals surface area (Å²) in [4.78, 5) is 37.1. The summed E-state index contributed by atoms with van der Waals surface area (Å²) in [5, 5.41) is 18.3. The number of carboxylic acids is 1. The molecule has 10 heteroatoms. The molecular weight excluding hydrogens is 452 g/mol. The molecule has 2 amide bonds. The summed E-state index contributed by atoms with van der Waals surface area (Å²) in [7, 11) is 2.99. The molecule has 2 aromatic carbocycles. The molecule has 0 fully saturated rings. The molecular formula is C25H26N4O6. The summed E-state index contributed by atoms with van der Waals surface area (Å²) in [6.45, 7) is -0.158. The maximum absolute atomic E-state index is 12.9. The van der Waals surface area contributed by atoms with Gasteiger partial charge in [0.1, 0.15) is 12.6 Å². The fraction of sp³-hybridized carbons (Fsp3) is 0.280. The van der Waals surface area contributed by atoms with E-state index < -0.39 is 30.1 Å². The second-order valence-corrected chi connectivity index (χ2v) is 8.20. The van der Waals surface area contributed by atoms with Gasteiger partial charge in [-0.2, -0.15) is 5.10 Å². The van der Waals surface area contributed by atoms with Crippen molar-refractivity contribution in [3.05, 3.63) is 77.6 Å². The number of nitrogens with zero attached hydrogens (tertiary/aromatic N) is 2. The van der Waals surface area contributed by atoms with Crippen LogP contribution in [0.4, 0.5) is 4.79 Å². The highest BCUT2D eigenvalue weighted by molar-refractivity contribution is 5.90. The highest BCUT2D eigenvalue weighted by Gasteiger charge is 2.31. The molecule has 0 bridgehead atoms. The number of nitrogens with one attached hydrogen (secondary N) is 2. The maximum atomic E-state index is 12.9. The fourth-order valence-electron chi connectivity index (χ4n) is 4.24. The molecule has 1 aromatic heterocycles. The van der Waals surface area contributed by atoms with Crippen molar-refractivity contribution >= 4 is 18.0 Å². The first-order valence-electron chi connectivity index (χ1n) is 11.0. The number of aliphatic carboxylic acids is 1. The Morgan fingerprint density at radius 1 is 1.06 bits per heavy atom. The average Bonchev–Trinajstić information content (AvgIpc) is 3.42. The van der Waals surface area contributed by atoms with Gasteiger partial charge < -0.3 is 25.2 Å². The summed E-state index contributed by atoms with van der Waals surface area (Å²) in [6, 6.07) is 13.4. The van der Waals surface area contributed by atoms with Gasteiger partial charge in [0.2, 0.25) is 5.91 Å². The lowest BCUT2D eigenvalue weighted by atomic mass is 9.98. The molecule has 1 aliphatic rings. The van der Waals surface area contributed by atoms with Gasteiger partial charge in [0.15, 0.2) is 6.04 Å². The Bertz CT molecular complexity index is 1190. The molecule has 1 heterocycles. The third-order valence-corrected chi connectivity index (χ3v) is 5.87. The average molecular weight is 479 g/mol. The van der Waals surface area contributed by atoms with Crippen LogP contribution in [0.25, 0.3) is 11.1 Å². The Balaban J connectivity index is 1.48. The Morgan fingerprint density at radius 2 is 1.69 bits per heavy atom. The Kier molecular flexibility index (Phi) is 7.11. The van der Waals surface area contributed by atoms with E-state index in [1.807, 2.05) is 48.5 Å². The molecule has 0 radical (unpaired) electrons. The monoisotopic (exact) mass is 478 g/mol. The highest BCUT2D eigenvalue weighted by atomic mass is 16.5. The predicted octanol–water partition coefficient (Wildman–Crippen LogP) is 2.22. The lowest BCUT2D eigenvalue weighted by Crippen LogP contribution is -2.49. The van der Waals surface area contributed by atoms with Crippen molar-refractivity contribution in [2.45, 2.75) is 18.0 Å². The van der Waals surface area contributed by atoms with Crippen LogP contribution >= 0.6 is 0 Å². The van der Waals surface area contributed by atoms with Crippen LogP contribution < -0.4 is 10.6 Å². The zero-order valence-corrected chi connectivity index (χ0v) is 19.3. The molecule has 0 saturated heterocycles. The van der Waals surface area contributed by atoms with Crippen LogP contribution in [0.3, 0.4) is 0 Å². The normalized spacial score (nSPS) is 13.9. The topological polar surface area (TPSA) is 132 Å². The van der Waals surface area contributed by atoms with E-state index in [0.717, 1.165) is 22.3 Å². The van der Waals surface area contributed by atoms with Gasteiger partial charge in [0, 0.05) is 31.8 Å². The number of aromatic nitrogens is 2. The van der Waals surface area contributed by atoms with Crippen molar-refractivity contribution in [3.8, 4) is 11.1 Å². The number of aryl methyl sites for hydroxylation is 1. The second kappa shape index (κ2) is 10.4. The Labute approximate surface area is 201 Å². The summed E-state index contributed by atoms with van der Waals surface area (Å²) in [6.07, 6.45) is 2.16. The minimum absolute atomic E-state index is 0.0721. The maximum Gasteiger partial charge on any atom is 0.408 e. The van der Waals surface area contributed by atoms with Gasteiger partial charge in [-0.05, 0) is 22.3 Å². The largest absolute Gasteiger partial charge is 0.480 e. The fourth-order valence-corrected chi connectivity index (χ4v) is 4.24. The first kappa shape index (κ1) is 24.0. The zero-order valence-electron chi connectivity index (χ0n) is 19.3. The van der Waals surface area contributed by atoms with Crippen LogP contribution in [0.2, 0.25) is 0 Å². The number of carbonyl (C=O) groups excluding carboxylic acids is 2. The van der Waals surface area contributed by atoms with Gasteiger partial charge in [0.25, 0.3) is 0 Å². The van der Waals surface area contributed by atoms with Crippen LogP contribution in [-0.2, 0) is 26.1 Å². The van der Waals surface area contributed by atoms with Crippen LogP contribution in [0.1, 0.15) is 28.7 Å². The number of rotatable bonds is 9. The van der Waals surface area contributed by atoms with Crippen LogP contribution in [0, 0.1) is 0 Å². The molecule has 0 spiro atoms. The Morgan fingerprint density at radius 3 is 2.23 bits per heavy atom. The number of fused-ring (bicyclic) bond motifs is 3. The summed E-state index contributed by atoms with van der Waals surface area (Å²) >= 11 is 0. The second-order valence-electron chi connectivity index (χ2n) is 8.20.